The number of hydrogen-bond acceptors (Lipinski definition) is 2. The van der Waals surface area contributed by atoms with E-state index >= 15 is 0 Å². The summed E-state index contributed by atoms with van der Waals surface area (Å²) in [5.41, 5.74) is 0. The normalized spacial score (nSPS) is 23.8. The molecule has 1 saturated heterocycles. The van der Waals surface area contributed by atoms with Gasteiger partial charge in [0.15, 0.2) is 0 Å². The predicted octanol–water partition coefficient (Wildman–Crippen LogP) is 0.180. The molecule has 0 bridgehead atoms. The number of carbonyl (C=O) groups is 2. The zero-order valence-electron chi connectivity index (χ0n) is 8.09. The van der Waals surface area contributed by atoms with Crippen LogP contribution in [0.25, 0.3) is 0 Å². The Hall–Kier alpha value is -1.06. The molecule has 4 heteroatoms. The van der Waals surface area contributed by atoms with E-state index in [0.717, 1.165) is 6.42 Å². The van der Waals surface area contributed by atoms with Crippen molar-refractivity contribution in [3.05, 3.63) is 0 Å². The van der Waals surface area contributed by atoms with Gasteiger partial charge in [-0.05, 0) is 19.8 Å². The maximum absolute atomic E-state index is 11.4. The van der Waals surface area contributed by atoms with Crippen LogP contribution in [0.4, 0.5) is 0 Å². The van der Waals surface area contributed by atoms with Gasteiger partial charge in [-0.1, -0.05) is 6.92 Å². The Morgan fingerprint density at radius 2 is 2.46 bits per heavy atom. The van der Waals surface area contributed by atoms with Crippen molar-refractivity contribution >= 4 is 11.8 Å². The molecule has 0 aromatic carbocycles. The summed E-state index contributed by atoms with van der Waals surface area (Å²) in [4.78, 5) is 22.3. The van der Waals surface area contributed by atoms with Crippen LogP contribution >= 0.6 is 0 Å². The van der Waals surface area contributed by atoms with Crippen molar-refractivity contribution in [2.24, 2.45) is 0 Å². The van der Waals surface area contributed by atoms with Crippen molar-refractivity contribution in [1.82, 2.24) is 10.6 Å². The topological polar surface area (TPSA) is 58.2 Å². The number of nitrogens with one attached hydrogen (secondary N) is 2. The van der Waals surface area contributed by atoms with Gasteiger partial charge in [0.2, 0.25) is 11.8 Å². The summed E-state index contributed by atoms with van der Waals surface area (Å²) in [6.45, 7) is 3.97. The lowest BCUT2D eigenvalue weighted by atomic mass is 10.2. The molecule has 1 heterocycles. The van der Waals surface area contributed by atoms with Crippen LogP contribution in [0.2, 0.25) is 0 Å². The minimum absolute atomic E-state index is 0.0238. The Balaban J connectivity index is 2.35. The molecule has 0 saturated carbocycles. The quantitative estimate of drug-likeness (QED) is 0.657. The summed E-state index contributed by atoms with van der Waals surface area (Å²) < 4.78 is 0. The largest absolute Gasteiger partial charge is 0.352 e. The molecular formula is C9H16N2O2. The van der Waals surface area contributed by atoms with E-state index in [0.29, 0.717) is 12.8 Å². The Kier molecular flexibility index (Phi) is 3.28. The number of carbonyl (C=O) groups excluding carboxylic acids is 2. The average molecular weight is 184 g/mol. The van der Waals surface area contributed by atoms with E-state index in [1.165, 1.54) is 0 Å². The Morgan fingerprint density at radius 3 is 2.92 bits per heavy atom. The van der Waals surface area contributed by atoms with Crippen molar-refractivity contribution in [3.8, 4) is 0 Å². The third-order valence-corrected chi connectivity index (χ3v) is 2.31. The van der Waals surface area contributed by atoms with E-state index in [1.54, 1.807) is 0 Å². The first-order valence-corrected chi connectivity index (χ1v) is 4.73. The third-order valence-electron chi connectivity index (χ3n) is 2.31. The molecule has 0 aromatic rings. The fourth-order valence-corrected chi connectivity index (χ4v) is 1.26. The van der Waals surface area contributed by atoms with E-state index < -0.39 is 0 Å². The highest BCUT2D eigenvalue weighted by Crippen LogP contribution is 2.06. The second-order valence-corrected chi connectivity index (χ2v) is 3.48. The molecule has 4 nitrogen and oxygen atoms in total. The van der Waals surface area contributed by atoms with Crippen molar-refractivity contribution in [1.29, 1.82) is 0 Å². The average Bonchev–Trinajstić information content (AvgIpc) is 2.51. The maximum Gasteiger partial charge on any atom is 0.242 e. The highest BCUT2D eigenvalue weighted by molar-refractivity contribution is 5.90. The minimum Gasteiger partial charge on any atom is -0.352 e. The molecule has 1 aliphatic rings. The fourth-order valence-electron chi connectivity index (χ4n) is 1.26. The maximum atomic E-state index is 11.4. The summed E-state index contributed by atoms with van der Waals surface area (Å²) in [6, 6.07) is -0.119. The predicted molar refractivity (Wildman–Crippen MR) is 49.1 cm³/mol. The first-order chi connectivity index (χ1) is 6.13. The molecule has 0 spiro atoms. The van der Waals surface area contributed by atoms with Crippen LogP contribution in [0.5, 0.6) is 0 Å². The van der Waals surface area contributed by atoms with E-state index in [1.807, 2.05) is 13.8 Å². The van der Waals surface area contributed by atoms with Crippen LogP contribution in [0, 0.1) is 0 Å². The second kappa shape index (κ2) is 4.25. The van der Waals surface area contributed by atoms with Gasteiger partial charge in [-0.15, -0.1) is 0 Å². The molecule has 2 unspecified atom stereocenters. The zero-order chi connectivity index (χ0) is 9.84. The van der Waals surface area contributed by atoms with Crippen molar-refractivity contribution in [2.75, 3.05) is 0 Å². The van der Waals surface area contributed by atoms with Gasteiger partial charge in [0, 0.05) is 12.5 Å². The summed E-state index contributed by atoms with van der Waals surface area (Å²) in [6.07, 6.45) is 2.01. The van der Waals surface area contributed by atoms with Crippen molar-refractivity contribution in [2.45, 2.75) is 45.2 Å². The van der Waals surface area contributed by atoms with Crippen LogP contribution < -0.4 is 10.6 Å². The molecule has 2 amide bonds. The molecule has 13 heavy (non-hydrogen) atoms. The summed E-state index contributed by atoms with van der Waals surface area (Å²) >= 11 is 0. The van der Waals surface area contributed by atoms with Crippen LogP contribution in [-0.4, -0.2) is 23.9 Å². The van der Waals surface area contributed by atoms with Gasteiger partial charge in [0.1, 0.15) is 6.04 Å². The van der Waals surface area contributed by atoms with Crippen molar-refractivity contribution in [3.63, 3.8) is 0 Å². The standard InChI is InChI=1S/C9H16N2O2/c1-3-6(2)10-9(13)7-4-5-8(12)11-7/h6-7H,3-5H2,1-2H3,(H,10,13)(H,11,12). The summed E-state index contributed by atoms with van der Waals surface area (Å²) in [5.74, 6) is -0.0792. The first kappa shape index (κ1) is 10.0. The minimum atomic E-state index is -0.304. The highest BCUT2D eigenvalue weighted by atomic mass is 16.2. The smallest absolute Gasteiger partial charge is 0.242 e. The van der Waals surface area contributed by atoms with Crippen LogP contribution in [-0.2, 0) is 9.59 Å². The first-order valence-electron chi connectivity index (χ1n) is 4.73. The molecule has 2 N–H and O–H groups in total. The number of amides is 2. The van der Waals surface area contributed by atoms with Crippen LogP contribution in [0.15, 0.2) is 0 Å². The summed E-state index contributed by atoms with van der Waals surface area (Å²) in [7, 11) is 0. The molecule has 0 aromatic heterocycles. The van der Waals surface area contributed by atoms with Crippen LogP contribution in [0.3, 0.4) is 0 Å². The van der Waals surface area contributed by atoms with E-state index in [2.05, 4.69) is 10.6 Å². The third kappa shape index (κ3) is 2.72. The number of rotatable bonds is 3. The Labute approximate surface area is 78.1 Å². The molecule has 1 fully saturated rings. The lowest BCUT2D eigenvalue weighted by Gasteiger charge is -2.15. The molecule has 1 aliphatic heterocycles. The van der Waals surface area contributed by atoms with Gasteiger partial charge in [-0.25, -0.2) is 0 Å². The Bertz CT molecular complexity index is 216. The molecule has 2 atom stereocenters. The lowest BCUT2D eigenvalue weighted by molar-refractivity contribution is -0.126. The van der Waals surface area contributed by atoms with Crippen LogP contribution in [0.1, 0.15) is 33.1 Å². The van der Waals surface area contributed by atoms with E-state index in [9.17, 15) is 9.59 Å². The van der Waals surface area contributed by atoms with Gasteiger partial charge in [-0.2, -0.15) is 0 Å². The highest BCUT2D eigenvalue weighted by Gasteiger charge is 2.27. The summed E-state index contributed by atoms with van der Waals surface area (Å²) in [5, 5.41) is 5.47. The second-order valence-electron chi connectivity index (χ2n) is 3.48. The van der Waals surface area contributed by atoms with Gasteiger partial charge < -0.3 is 10.6 Å². The number of hydrogen-bond donors (Lipinski definition) is 2. The fraction of sp³-hybridized carbons (Fsp3) is 0.778. The van der Waals surface area contributed by atoms with Crippen molar-refractivity contribution < 1.29 is 9.59 Å². The van der Waals surface area contributed by atoms with Gasteiger partial charge >= 0.3 is 0 Å². The molecule has 0 aliphatic carbocycles. The zero-order valence-corrected chi connectivity index (χ0v) is 8.09. The molecule has 74 valence electrons. The monoisotopic (exact) mass is 184 g/mol. The SMILES string of the molecule is CCC(C)NC(=O)C1CCC(=O)N1. The van der Waals surface area contributed by atoms with Gasteiger partial charge in [-0.3, -0.25) is 9.59 Å². The molecular weight excluding hydrogens is 168 g/mol. The van der Waals surface area contributed by atoms with E-state index in [4.69, 9.17) is 0 Å². The van der Waals surface area contributed by atoms with Gasteiger partial charge in [0.25, 0.3) is 0 Å². The Morgan fingerprint density at radius 1 is 1.77 bits per heavy atom. The van der Waals surface area contributed by atoms with E-state index in [-0.39, 0.29) is 23.9 Å². The lowest BCUT2D eigenvalue weighted by Crippen LogP contribution is -2.44. The molecule has 1 rings (SSSR count). The molecule has 0 radical (unpaired) electrons. The van der Waals surface area contributed by atoms with Gasteiger partial charge in [0.05, 0.1) is 0 Å².